The monoisotopic (exact) mass is 592 g/mol. The van der Waals surface area contributed by atoms with Crippen LogP contribution in [-0.2, 0) is 17.6 Å². The van der Waals surface area contributed by atoms with Crippen molar-refractivity contribution in [1.82, 2.24) is 9.48 Å². The van der Waals surface area contributed by atoms with Gasteiger partial charge in [-0.05, 0) is 94.2 Å². The zero-order chi connectivity index (χ0) is 30.0. The first-order valence-corrected chi connectivity index (χ1v) is 18.9. The largest absolute Gasteiger partial charge is 0.481 e. The Morgan fingerprint density at radius 3 is 2.42 bits per heavy atom. The van der Waals surface area contributed by atoms with E-state index in [0.717, 1.165) is 44.3 Å². The summed E-state index contributed by atoms with van der Waals surface area (Å²) in [5.74, 6) is -1.12. The Hall–Kier alpha value is -3.71. The molecule has 0 spiro atoms. The smallest absolute Gasteiger partial charge is 0.306 e. The van der Waals surface area contributed by atoms with Crippen LogP contribution in [-0.4, -0.2) is 70.2 Å². The van der Waals surface area contributed by atoms with Gasteiger partial charge in [-0.1, -0.05) is 31.3 Å². The predicted molar refractivity (Wildman–Crippen MR) is 175 cm³/mol. The first kappa shape index (κ1) is 28.1. The summed E-state index contributed by atoms with van der Waals surface area (Å²) in [6.07, 6.45) is 5.45. The molecule has 3 aromatic rings. The van der Waals surface area contributed by atoms with E-state index in [1.165, 1.54) is 48.9 Å². The molecule has 222 valence electrons. The van der Waals surface area contributed by atoms with Crippen molar-refractivity contribution in [3.05, 3.63) is 86.9 Å². The molecule has 0 saturated carbocycles. The number of rotatable bonds is 3. The molecule has 0 unspecified atom stereocenters. The van der Waals surface area contributed by atoms with Crippen LogP contribution in [0.25, 0.3) is 5.57 Å². The maximum Gasteiger partial charge on any atom is 0.306 e. The highest BCUT2D eigenvalue weighted by atomic mass is 28.3. The van der Waals surface area contributed by atoms with Crippen LogP contribution in [0.4, 0.5) is 5.69 Å². The number of carboxylic acids is 1. The molecule has 0 radical (unpaired) electrons. The van der Waals surface area contributed by atoms with Gasteiger partial charge in [0.2, 0.25) is 5.36 Å². The van der Waals surface area contributed by atoms with E-state index < -0.39 is 14.0 Å². The molecule has 4 aliphatic heterocycles. The number of piperidine rings is 1. The Bertz CT molecular complexity index is 1800. The summed E-state index contributed by atoms with van der Waals surface area (Å²) in [5.41, 5.74) is 8.35. The van der Waals surface area contributed by atoms with Crippen molar-refractivity contribution in [2.75, 3.05) is 45.2 Å². The summed E-state index contributed by atoms with van der Waals surface area (Å²) in [6.45, 7) is 8.11. The molecule has 6 nitrogen and oxygen atoms in total. The van der Waals surface area contributed by atoms with E-state index in [9.17, 15) is 14.7 Å². The van der Waals surface area contributed by atoms with Crippen LogP contribution in [0.5, 0.6) is 0 Å². The lowest BCUT2D eigenvalue weighted by Crippen LogP contribution is -2.64. The minimum atomic E-state index is -2.10. The Balaban J connectivity index is 1.49. The zero-order valence-electron chi connectivity index (χ0n) is 25.9. The Morgan fingerprint density at radius 2 is 1.65 bits per heavy atom. The standard InChI is InChI=1S/C36H41N3O3Si/c1-37-15-7-9-24-19-28-32(21-30(24)37)43(3,4)33-22-31-25(10-8-16-38(31)2)20-29(33)34(28)26-11-5-6-12-27(26)35(40)39-17-13-23(14-18-39)36(41)42/h5-6,11-12,19-23H,7-10,13-18H2,1-4H3/p+1. The van der Waals surface area contributed by atoms with Crippen LogP contribution in [0.15, 0.2) is 48.5 Å². The van der Waals surface area contributed by atoms with E-state index in [0.29, 0.717) is 31.5 Å². The van der Waals surface area contributed by atoms with Crippen molar-refractivity contribution in [3.8, 4) is 0 Å². The van der Waals surface area contributed by atoms with E-state index in [1.54, 1.807) is 0 Å². The molecule has 0 atom stereocenters. The fraction of sp³-hybridized carbons (Fsp3) is 0.417. The van der Waals surface area contributed by atoms with Crippen molar-refractivity contribution < 1.29 is 14.7 Å². The second-order valence-corrected chi connectivity index (χ2v) is 17.9. The van der Waals surface area contributed by atoms with Gasteiger partial charge in [0.1, 0.15) is 21.7 Å². The Morgan fingerprint density at radius 1 is 0.907 bits per heavy atom. The number of benzene rings is 3. The van der Waals surface area contributed by atoms with Gasteiger partial charge in [-0.15, -0.1) is 0 Å². The van der Waals surface area contributed by atoms with Gasteiger partial charge in [0.05, 0.1) is 5.92 Å². The van der Waals surface area contributed by atoms with Crippen LogP contribution in [0.1, 0.15) is 58.3 Å². The lowest BCUT2D eigenvalue weighted by molar-refractivity contribution is -0.143. The molecule has 4 heterocycles. The molecule has 1 N–H and O–H groups in total. The molecule has 0 aliphatic carbocycles. The summed E-state index contributed by atoms with van der Waals surface area (Å²) in [6, 6.07) is 18.0. The molecule has 1 amide bonds. The molecular weight excluding hydrogens is 551 g/mol. The van der Waals surface area contributed by atoms with E-state index in [2.05, 4.69) is 73.1 Å². The van der Waals surface area contributed by atoms with Crippen molar-refractivity contribution >= 4 is 41.6 Å². The van der Waals surface area contributed by atoms with Gasteiger partial charge in [-0.25, -0.2) is 4.58 Å². The molecule has 0 bridgehead atoms. The summed E-state index contributed by atoms with van der Waals surface area (Å²) in [5, 5.41) is 15.1. The highest BCUT2D eigenvalue weighted by Gasteiger charge is 2.39. The van der Waals surface area contributed by atoms with Gasteiger partial charge in [0.15, 0.2) is 0 Å². The number of carboxylic acid groups (broad SMARTS) is 1. The first-order valence-electron chi connectivity index (χ1n) is 15.9. The number of aryl methyl sites for hydroxylation is 2. The van der Waals surface area contributed by atoms with E-state index in [-0.39, 0.29) is 11.8 Å². The average molecular weight is 593 g/mol. The minimum absolute atomic E-state index is 0.00695. The van der Waals surface area contributed by atoms with Crippen LogP contribution < -0.4 is 30.4 Å². The van der Waals surface area contributed by atoms with Crippen LogP contribution in [0.2, 0.25) is 13.1 Å². The van der Waals surface area contributed by atoms with Gasteiger partial charge < -0.3 is 14.9 Å². The van der Waals surface area contributed by atoms with Crippen molar-refractivity contribution in [1.29, 1.82) is 0 Å². The minimum Gasteiger partial charge on any atom is -0.481 e. The highest BCUT2D eigenvalue weighted by Crippen LogP contribution is 2.34. The summed E-state index contributed by atoms with van der Waals surface area (Å²) >= 11 is 0. The number of likely N-dealkylation sites (tertiary alicyclic amines) is 1. The van der Waals surface area contributed by atoms with Crippen LogP contribution in [0, 0.1) is 5.92 Å². The SMILES string of the molecule is CN1CCCc2cc3c(cc21)[Si](C)(C)c1cc2c(cc1=C3c1ccccc1C(=O)N1CCC(C(=O)O)CC1)CCC[N+]=2C. The second-order valence-electron chi connectivity index (χ2n) is 13.6. The number of carbonyl (C=O) groups is 2. The number of nitrogens with zero attached hydrogens (tertiary/aromatic N) is 3. The number of carbonyl (C=O) groups excluding carboxylic acids is 1. The number of hydrogen-bond acceptors (Lipinski definition) is 3. The fourth-order valence-corrected chi connectivity index (χ4v) is 11.1. The van der Waals surface area contributed by atoms with Gasteiger partial charge in [0.25, 0.3) is 5.91 Å². The number of anilines is 1. The lowest BCUT2D eigenvalue weighted by Gasteiger charge is -2.37. The Kier molecular flexibility index (Phi) is 6.84. The molecule has 43 heavy (non-hydrogen) atoms. The summed E-state index contributed by atoms with van der Waals surface area (Å²) < 4.78 is 2.41. The quantitative estimate of drug-likeness (QED) is 0.375. The number of amides is 1. The van der Waals surface area contributed by atoms with Crippen molar-refractivity contribution in [3.63, 3.8) is 0 Å². The van der Waals surface area contributed by atoms with E-state index >= 15 is 0 Å². The zero-order valence-corrected chi connectivity index (χ0v) is 26.9. The predicted octanol–water partition coefficient (Wildman–Crippen LogP) is 2.46. The second kappa shape index (κ2) is 10.5. The van der Waals surface area contributed by atoms with Crippen molar-refractivity contribution in [2.45, 2.75) is 51.6 Å². The highest BCUT2D eigenvalue weighted by molar-refractivity contribution is 7.01. The third-order valence-electron chi connectivity index (χ3n) is 10.6. The van der Waals surface area contributed by atoms with Gasteiger partial charge >= 0.3 is 5.97 Å². The molecular formula is C36H42N3O3Si+. The summed E-state index contributed by atoms with van der Waals surface area (Å²) in [7, 11) is 2.33. The molecule has 0 aromatic heterocycles. The number of hydrogen-bond donors (Lipinski definition) is 1. The van der Waals surface area contributed by atoms with Gasteiger partial charge in [-0.3, -0.25) is 9.59 Å². The maximum absolute atomic E-state index is 14.2. The van der Waals surface area contributed by atoms with Gasteiger partial charge in [0, 0.05) is 56.0 Å². The fourth-order valence-electron chi connectivity index (χ4n) is 8.05. The normalized spacial score (nSPS) is 19.3. The number of fused-ring (bicyclic) bond motifs is 4. The topological polar surface area (TPSA) is 63.9 Å². The maximum atomic E-state index is 14.2. The van der Waals surface area contributed by atoms with E-state index in [1.807, 2.05) is 17.0 Å². The first-order chi connectivity index (χ1) is 20.6. The molecule has 4 aliphatic rings. The summed E-state index contributed by atoms with van der Waals surface area (Å²) in [4.78, 5) is 30.1. The third-order valence-corrected chi connectivity index (χ3v) is 14.1. The van der Waals surface area contributed by atoms with Crippen molar-refractivity contribution in [2.24, 2.45) is 5.92 Å². The molecule has 7 rings (SSSR count). The van der Waals surface area contributed by atoms with Crippen LogP contribution in [0.3, 0.4) is 0 Å². The van der Waals surface area contributed by atoms with Crippen LogP contribution >= 0.6 is 0 Å². The Labute approximate surface area is 255 Å². The molecule has 3 aromatic carbocycles. The third kappa shape index (κ3) is 4.55. The lowest BCUT2D eigenvalue weighted by atomic mass is 9.87. The van der Waals surface area contributed by atoms with Gasteiger partial charge in [-0.2, -0.15) is 0 Å². The van der Waals surface area contributed by atoms with E-state index in [4.69, 9.17) is 0 Å². The molecule has 1 fully saturated rings. The molecule has 7 heteroatoms. The number of aliphatic carboxylic acids is 1. The molecule has 1 saturated heterocycles. The average Bonchev–Trinajstić information content (AvgIpc) is 3.00.